The maximum Gasteiger partial charge on any atom is 0.247 e. The van der Waals surface area contributed by atoms with Gasteiger partial charge in [0.05, 0.1) is 0 Å². The summed E-state index contributed by atoms with van der Waals surface area (Å²) >= 11 is 0. The Morgan fingerprint density at radius 3 is 2.62 bits per heavy atom. The molecule has 0 radical (unpaired) electrons. The van der Waals surface area contributed by atoms with Gasteiger partial charge in [0.2, 0.25) is 11.8 Å². The fourth-order valence-electron chi connectivity index (χ4n) is 4.24. The van der Waals surface area contributed by atoms with E-state index >= 15 is 0 Å². The second-order valence-electron chi connectivity index (χ2n) is 7.68. The van der Waals surface area contributed by atoms with Crippen LogP contribution in [0.3, 0.4) is 0 Å². The van der Waals surface area contributed by atoms with Crippen molar-refractivity contribution in [2.24, 2.45) is 5.73 Å². The fourth-order valence-corrected chi connectivity index (χ4v) is 4.24. The highest BCUT2D eigenvalue weighted by atomic mass is 16.4. The maximum absolute atomic E-state index is 6.32. The van der Waals surface area contributed by atoms with Crippen molar-refractivity contribution >= 4 is 5.69 Å². The van der Waals surface area contributed by atoms with Gasteiger partial charge in [-0.1, -0.05) is 12.8 Å². The molecule has 1 aliphatic heterocycles. The van der Waals surface area contributed by atoms with E-state index in [1.165, 1.54) is 37.8 Å². The lowest BCUT2D eigenvalue weighted by atomic mass is 9.89. The molecule has 1 saturated carbocycles. The van der Waals surface area contributed by atoms with Crippen molar-refractivity contribution in [1.82, 2.24) is 15.5 Å². The third kappa shape index (κ3) is 3.91. The molecule has 0 spiro atoms. The largest absolute Gasteiger partial charge is 0.421 e. The minimum Gasteiger partial charge on any atom is -0.421 e. The lowest BCUT2D eigenvalue weighted by molar-refractivity contribution is 0.282. The Labute approximate surface area is 155 Å². The summed E-state index contributed by atoms with van der Waals surface area (Å²) < 4.78 is 5.51. The van der Waals surface area contributed by atoms with Gasteiger partial charge >= 0.3 is 0 Å². The molecule has 3 unspecified atom stereocenters. The average Bonchev–Trinajstić information content (AvgIpc) is 3.10. The van der Waals surface area contributed by atoms with Crippen LogP contribution in [0.25, 0.3) is 11.5 Å². The molecule has 140 valence electrons. The number of anilines is 1. The van der Waals surface area contributed by atoms with Crippen molar-refractivity contribution in [3.05, 3.63) is 30.2 Å². The van der Waals surface area contributed by atoms with E-state index in [1.807, 2.05) is 6.92 Å². The molecule has 2 heterocycles. The van der Waals surface area contributed by atoms with Gasteiger partial charge in [0.1, 0.15) is 0 Å². The summed E-state index contributed by atoms with van der Waals surface area (Å²) in [5.74, 6) is 1.17. The number of hydrogen-bond donors (Lipinski definition) is 2. The first-order valence-electron chi connectivity index (χ1n) is 9.86. The Bertz CT molecular complexity index is 713. The van der Waals surface area contributed by atoms with E-state index < -0.39 is 0 Å². The van der Waals surface area contributed by atoms with Crippen molar-refractivity contribution in [3.63, 3.8) is 0 Å². The van der Waals surface area contributed by atoms with Crippen LogP contribution < -0.4 is 16.0 Å². The number of aromatic nitrogens is 2. The summed E-state index contributed by atoms with van der Waals surface area (Å²) in [4.78, 5) is 2.47. The molecule has 1 aromatic heterocycles. The Balaban J connectivity index is 1.39. The van der Waals surface area contributed by atoms with Gasteiger partial charge in [0.25, 0.3) is 0 Å². The number of nitrogens with zero attached hydrogens (tertiary/aromatic N) is 3. The van der Waals surface area contributed by atoms with E-state index in [0.717, 1.165) is 25.1 Å². The Hall–Kier alpha value is -1.92. The molecule has 6 heteroatoms. The van der Waals surface area contributed by atoms with Crippen LogP contribution in [-0.4, -0.2) is 41.4 Å². The van der Waals surface area contributed by atoms with E-state index in [1.54, 1.807) is 0 Å². The van der Waals surface area contributed by atoms with Crippen LogP contribution in [0.15, 0.2) is 28.7 Å². The number of aryl methyl sites for hydroxylation is 1. The van der Waals surface area contributed by atoms with Gasteiger partial charge in [0.15, 0.2) is 0 Å². The van der Waals surface area contributed by atoms with Gasteiger partial charge in [0, 0.05) is 49.4 Å². The summed E-state index contributed by atoms with van der Waals surface area (Å²) in [7, 11) is 0. The van der Waals surface area contributed by atoms with Crippen LogP contribution in [0.2, 0.25) is 0 Å². The van der Waals surface area contributed by atoms with Gasteiger partial charge in [-0.2, -0.15) is 0 Å². The van der Waals surface area contributed by atoms with Crippen LogP contribution in [0.4, 0.5) is 5.69 Å². The predicted molar refractivity (Wildman–Crippen MR) is 103 cm³/mol. The highest BCUT2D eigenvalue weighted by Gasteiger charge is 2.27. The van der Waals surface area contributed by atoms with E-state index in [4.69, 9.17) is 10.2 Å². The predicted octanol–water partition coefficient (Wildman–Crippen LogP) is 2.87. The number of hydrogen-bond acceptors (Lipinski definition) is 6. The highest BCUT2D eigenvalue weighted by Crippen LogP contribution is 2.25. The Morgan fingerprint density at radius 1 is 1.08 bits per heavy atom. The molecule has 0 bridgehead atoms. The zero-order chi connectivity index (χ0) is 17.9. The molecular formula is C20H29N5O. The third-order valence-electron chi connectivity index (χ3n) is 5.70. The summed E-state index contributed by atoms with van der Waals surface area (Å²) in [5.41, 5.74) is 8.54. The molecule has 3 N–H and O–H groups in total. The molecule has 2 fully saturated rings. The fraction of sp³-hybridized carbons (Fsp3) is 0.600. The molecule has 1 aliphatic carbocycles. The second-order valence-corrected chi connectivity index (χ2v) is 7.68. The first kappa shape index (κ1) is 17.5. The summed E-state index contributed by atoms with van der Waals surface area (Å²) in [6.07, 6.45) is 7.41. The topological polar surface area (TPSA) is 80.2 Å². The first-order chi connectivity index (χ1) is 12.7. The smallest absolute Gasteiger partial charge is 0.247 e. The molecule has 3 atom stereocenters. The number of benzene rings is 1. The zero-order valence-electron chi connectivity index (χ0n) is 15.5. The van der Waals surface area contributed by atoms with Crippen molar-refractivity contribution in [3.8, 4) is 11.5 Å². The maximum atomic E-state index is 6.32. The summed E-state index contributed by atoms with van der Waals surface area (Å²) in [6.45, 7) is 3.96. The van der Waals surface area contributed by atoms with Gasteiger partial charge in [-0.15, -0.1) is 10.2 Å². The summed E-state index contributed by atoms with van der Waals surface area (Å²) in [6, 6.07) is 9.77. The molecule has 1 aromatic carbocycles. The van der Waals surface area contributed by atoms with Crippen LogP contribution in [0, 0.1) is 6.92 Å². The lowest BCUT2D eigenvalue weighted by Crippen LogP contribution is -2.55. The average molecular weight is 355 g/mol. The van der Waals surface area contributed by atoms with E-state index in [0.29, 0.717) is 29.9 Å². The molecular weight excluding hydrogens is 326 g/mol. The molecule has 0 amide bonds. The number of nitrogens with two attached hydrogens (primary N) is 1. The summed E-state index contributed by atoms with van der Waals surface area (Å²) in [5, 5.41) is 11.8. The minimum atomic E-state index is 0.316. The molecule has 2 aromatic rings. The first-order valence-corrected chi connectivity index (χ1v) is 9.86. The van der Waals surface area contributed by atoms with Crippen molar-refractivity contribution in [1.29, 1.82) is 0 Å². The normalized spacial score (nSPS) is 26.8. The van der Waals surface area contributed by atoms with Crippen LogP contribution >= 0.6 is 0 Å². The molecule has 1 saturated heterocycles. The monoisotopic (exact) mass is 355 g/mol. The number of piperidine rings is 1. The zero-order valence-corrected chi connectivity index (χ0v) is 15.5. The Kier molecular flexibility index (Phi) is 5.22. The highest BCUT2D eigenvalue weighted by molar-refractivity contribution is 5.59. The molecule has 4 rings (SSSR count). The minimum absolute atomic E-state index is 0.316. The standard InChI is InChI=1S/C20H29N5O/c1-14-23-24-20(26-14)15-8-10-17(11-9-15)25-12-4-5-16(13-25)22-19-7-3-2-6-18(19)21/h8-11,16,18-19,22H,2-7,12-13,21H2,1H3. The van der Waals surface area contributed by atoms with E-state index in [2.05, 4.69) is 44.7 Å². The molecule has 26 heavy (non-hydrogen) atoms. The second kappa shape index (κ2) is 7.76. The van der Waals surface area contributed by atoms with Crippen LogP contribution in [0.1, 0.15) is 44.4 Å². The quantitative estimate of drug-likeness (QED) is 0.878. The van der Waals surface area contributed by atoms with Gasteiger partial charge in [-0.25, -0.2) is 0 Å². The number of nitrogens with one attached hydrogen (secondary N) is 1. The SMILES string of the molecule is Cc1nnc(-c2ccc(N3CCCC(NC4CCCCC4N)C3)cc2)o1. The van der Waals surface area contributed by atoms with Crippen molar-refractivity contribution < 1.29 is 4.42 Å². The molecule has 6 nitrogen and oxygen atoms in total. The van der Waals surface area contributed by atoms with E-state index in [9.17, 15) is 0 Å². The third-order valence-corrected chi connectivity index (χ3v) is 5.70. The van der Waals surface area contributed by atoms with Crippen molar-refractivity contribution in [2.45, 2.75) is 63.6 Å². The lowest BCUT2D eigenvalue weighted by Gasteiger charge is -2.39. The Morgan fingerprint density at radius 2 is 1.88 bits per heavy atom. The van der Waals surface area contributed by atoms with Gasteiger partial charge in [-0.05, 0) is 49.9 Å². The van der Waals surface area contributed by atoms with Gasteiger partial charge in [-0.3, -0.25) is 0 Å². The van der Waals surface area contributed by atoms with Crippen LogP contribution in [0.5, 0.6) is 0 Å². The van der Waals surface area contributed by atoms with Crippen molar-refractivity contribution in [2.75, 3.05) is 18.0 Å². The molecule has 2 aliphatic rings. The number of rotatable bonds is 4. The van der Waals surface area contributed by atoms with Crippen LogP contribution in [-0.2, 0) is 0 Å². The van der Waals surface area contributed by atoms with Gasteiger partial charge < -0.3 is 20.4 Å². The van der Waals surface area contributed by atoms with E-state index in [-0.39, 0.29) is 0 Å².